The molecule has 0 fully saturated rings. The Hall–Kier alpha value is -7.49. The van der Waals surface area contributed by atoms with Crippen molar-refractivity contribution in [3.05, 3.63) is 206 Å². The summed E-state index contributed by atoms with van der Waals surface area (Å²) >= 11 is 0. The fourth-order valence-corrected chi connectivity index (χ4v) is 8.51. The van der Waals surface area contributed by atoms with Crippen LogP contribution in [0.5, 0.6) is 0 Å². The normalized spacial score (nSPS) is 11.6. The number of hydrogen-bond acceptors (Lipinski definition) is 3. The van der Waals surface area contributed by atoms with E-state index >= 15 is 0 Å². The zero-order valence-corrected chi connectivity index (χ0v) is 30.4. The Kier molecular flexibility index (Phi) is 7.49. The van der Waals surface area contributed by atoms with E-state index in [0.717, 1.165) is 49.8 Å². The van der Waals surface area contributed by atoms with Gasteiger partial charge in [-0.15, -0.1) is 0 Å². The lowest BCUT2D eigenvalue weighted by Crippen LogP contribution is -2.10. The molecule has 0 aliphatic heterocycles. The molecule has 11 aromatic rings. The minimum atomic E-state index is 0.631. The highest BCUT2D eigenvalue weighted by Gasteiger charge is 2.23. The number of rotatable bonds is 6. The quantitative estimate of drug-likeness (QED) is 0.172. The summed E-state index contributed by atoms with van der Waals surface area (Å²) in [4.78, 5) is 7.03. The van der Waals surface area contributed by atoms with Crippen molar-refractivity contribution in [1.82, 2.24) is 4.98 Å². The Morgan fingerprint density at radius 2 is 0.982 bits per heavy atom. The van der Waals surface area contributed by atoms with Gasteiger partial charge in [0, 0.05) is 23.0 Å². The maximum atomic E-state index is 6.58. The predicted octanol–water partition coefficient (Wildman–Crippen LogP) is 14.9. The summed E-state index contributed by atoms with van der Waals surface area (Å²) in [6.45, 7) is 0. The van der Waals surface area contributed by atoms with Gasteiger partial charge in [-0.05, 0) is 103 Å². The highest BCUT2D eigenvalue weighted by atomic mass is 16.3. The third-order valence-electron chi connectivity index (χ3n) is 11.1. The summed E-state index contributed by atoms with van der Waals surface area (Å²) in [6, 6.07) is 71.8. The smallest absolute Gasteiger partial charge is 0.227 e. The van der Waals surface area contributed by atoms with Gasteiger partial charge in [-0.3, -0.25) is 0 Å². The Morgan fingerprint density at radius 3 is 1.75 bits per heavy atom. The van der Waals surface area contributed by atoms with Gasteiger partial charge in [0.05, 0.1) is 16.5 Å². The fraction of sp³-hybridized carbons (Fsp3) is 0. The van der Waals surface area contributed by atoms with Gasteiger partial charge >= 0.3 is 0 Å². The first-order chi connectivity index (χ1) is 27.8. The topological polar surface area (TPSA) is 29.3 Å². The second-order valence-electron chi connectivity index (χ2n) is 14.3. The van der Waals surface area contributed by atoms with Crippen LogP contribution < -0.4 is 4.90 Å². The lowest BCUT2D eigenvalue weighted by molar-refractivity contribution is 0.657. The van der Waals surface area contributed by atoms with Crippen LogP contribution in [0.4, 0.5) is 17.1 Å². The zero-order valence-electron chi connectivity index (χ0n) is 30.4. The van der Waals surface area contributed by atoms with Crippen LogP contribution in [0.25, 0.3) is 87.8 Å². The van der Waals surface area contributed by atoms with Crippen molar-refractivity contribution in [3.8, 4) is 33.4 Å². The maximum absolute atomic E-state index is 6.58. The van der Waals surface area contributed by atoms with Gasteiger partial charge in [0.2, 0.25) is 5.71 Å². The van der Waals surface area contributed by atoms with Gasteiger partial charge in [-0.2, -0.15) is 0 Å². The SMILES string of the molecule is c1ccc(-c2ccc3ccccc3c2-c2ccc(N(c3ccc(-c4cccc5ccccc45)cc3)c3cc4ccccc4c4oc5ncccc5c34)cc2)cc1. The van der Waals surface area contributed by atoms with Crippen LogP contribution >= 0.6 is 0 Å². The summed E-state index contributed by atoms with van der Waals surface area (Å²) < 4.78 is 6.58. The van der Waals surface area contributed by atoms with E-state index in [-0.39, 0.29) is 0 Å². The molecular formula is C53H34N2O. The molecule has 0 spiro atoms. The first-order valence-electron chi connectivity index (χ1n) is 19.0. The first-order valence-corrected chi connectivity index (χ1v) is 19.0. The van der Waals surface area contributed by atoms with Crippen LogP contribution in [0.2, 0.25) is 0 Å². The molecule has 0 amide bonds. The molecule has 0 radical (unpaired) electrons. The van der Waals surface area contributed by atoms with Gasteiger partial charge in [-0.25, -0.2) is 4.98 Å². The molecule has 2 aromatic heterocycles. The van der Waals surface area contributed by atoms with Crippen molar-refractivity contribution in [3.63, 3.8) is 0 Å². The van der Waals surface area contributed by atoms with Crippen LogP contribution in [-0.2, 0) is 0 Å². The lowest BCUT2D eigenvalue weighted by atomic mass is 9.89. The molecule has 0 atom stereocenters. The molecule has 0 aliphatic rings. The molecule has 56 heavy (non-hydrogen) atoms. The molecule has 3 heteroatoms. The number of nitrogens with zero attached hydrogens (tertiary/aromatic N) is 2. The molecule has 3 nitrogen and oxygen atoms in total. The third-order valence-corrected chi connectivity index (χ3v) is 11.1. The van der Waals surface area contributed by atoms with Crippen LogP contribution in [-0.4, -0.2) is 4.98 Å². The maximum Gasteiger partial charge on any atom is 0.227 e. The van der Waals surface area contributed by atoms with Crippen molar-refractivity contribution in [1.29, 1.82) is 0 Å². The molecule has 0 saturated carbocycles. The van der Waals surface area contributed by atoms with Crippen LogP contribution in [0, 0.1) is 0 Å². The molecule has 11 rings (SSSR count). The summed E-state index contributed by atoms with van der Waals surface area (Å²) in [6.07, 6.45) is 1.80. The molecule has 0 saturated heterocycles. The van der Waals surface area contributed by atoms with Crippen LogP contribution in [0.3, 0.4) is 0 Å². The number of hydrogen-bond donors (Lipinski definition) is 0. The Balaban J connectivity index is 1.13. The molecule has 2 heterocycles. The van der Waals surface area contributed by atoms with Crippen molar-refractivity contribution >= 4 is 71.4 Å². The van der Waals surface area contributed by atoms with E-state index in [0.29, 0.717) is 5.71 Å². The third kappa shape index (κ3) is 5.25. The monoisotopic (exact) mass is 714 g/mol. The van der Waals surface area contributed by atoms with Gasteiger partial charge < -0.3 is 9.32 Å². The molecule has 9 aromatic carbocycles. The number of aromatic nitrogens is 1. The van der Waals surface area contributed by atoms with Gasteiger partial charge in [0.1, 0.15) is 5.58 Å². The van der Waals surface area contributed by atoms with Crippen LogP contribution in [0.15, 0.2) is 211 Å². The largest absolute Gasteiger partial charge is 0.437 e. The average Bonchev–Trinajstić information content (AvgIpc) is 3.67. The van der Waals surface area contributed by atoms with Crippen LogP contribution in [0.1, 0.15) is 0 Å². The van der Waals surface area contributed by atoms with E-state index < -0.39 is 0 Å². The average molecular weight is 715 g/mol. The number of pyridine rings is 1. The summed E-state index contributed by atoms with van der Waals surface area (Å²) in [5.41, 5.74) is 11.8. The highest BCUT2D eigenvalue weighted by molar-refractivity contribution is 6.21. The van der Waals surface area contributed by atoms with Crippen molar-refractivity contribution in [2.75, 3.05) is 4.90 Å². The molecule has 0 unspecified atom stereocenters. The Morgan fingerprint density at radius 1 is 0.393 bits per heavy atom. The summed E-state index contributed by atoms with van der Waals surface area (Å²) in [7, 11) is 0. The van der Waals surface area contributed by atoms with Gasteiger partial charge in [0.15, 0.2) is 0 Å². The zero-order chi connectivity index (χ0) is 37.0. The molecule has 0 N–H and O–H groups in total. The second kappa shape index (κ2) is 13.1. The molecular weight excluding hydrogens is 681 g/mol. The number of benzene rings is 9. The fourth-order valence-electron chi connectivity index (χ4n) is 8.51. The predicted molar refractivity (Wildman–Crippen MR) is 235 cm³/mol. The van der Waals surface area contributed by atoms with Gasteiger partial charge in [-0.1, -0.05) is 158 Å². The van der Waals surface area contributed by atoms with E-state index in [1.165, 1.54) is 49.4 Å². The van der Waals surface area contributed by atoms with Gasteiger partial charge in [0.25, 0.3) is 0 Å². The Labute approximate surface area is 324 Å². The lowest BCUT2D eigenvalue weighted by Gasteiger charge is -2.27. The minimum absolute atomic E-state index is 0.631. The number of anilines is 3. The second-order valence-corrected chi connectivity index (χ2v) is 14.3. The van der Waals surface area contributed by atoms with Crippen molar-refractivity contribution in [2.45, 2.75) is 0 Å². The number of fused-ring (bicyclic) bond motifs is 7. The molecule has 262 valence electrons. The first kappa shape index (κ1) is 32.0. The summed E-state index contributed by atoms with van der Waals surface area (Å²) in [5.74, 6) is 0. The van der Waals surface area contributed by atoms with E-state index in [1.54, 1.807) is 6.20 Å². The number of furan rings is 1. The van der Waals surface area contributed by atoms with E-state index in [9.17, 15) is 0 Å². The minimum Gasteiger partial charge on any atom is -0.437 e. The molecule has 0 bridgehead atoms. The highest BCUT2D eigenvalue weighted by Crippen LogP contribution is 2.47. The molecule has 0 aliphatic carbocycles. The van der Waals surface area contributed by atoms with Crippen molar-refractivity contribution < 1.29 is 4.42 Å². The van der Waals surface area contributed by atoms with E-state index in [2.05, 4.69) is 204 Å². The standard InChI is InChI=1S/C53H34N2O/c1-2-12-36(13-3-1)46-32-27-37-15-5-8-19-45(37)50(46)39-25-30-42(31-26-39)55(41-28-23-38(24-29-41)44-21-10-17-35-14-4-7-18-43(35)44)49-34-40-16-6-9-20-47(40)52-51(49)48-22-11-33-54-53(48)56-52/h1-34H. The summed E-state index contributed by atoms with van der Waals surface area (Å²) in [5, 5.41) is 9.12. The van der Waals surface area contributed by atoms with E-state index in [1.807, 2.05) is 6.07 Å². The van der Waals surface area contributed by atoms with Crippen molar-refractivity contribution in [2.24, 2.45) is 0 Å². The van der Waals surface area contributed by atoms with E-state index in [4.69, 9.17) is 4.42 Å². The Bertz CT molecular complexity index is 3230.